The third kappa shape index (κ3) is 3.19. The minimum atomic E-state index is -0.353. The Morgan fingerprint density at radius 3 is 2.26 bits per heavy atom. The second-order valence-corrected chi connectivity index (χ2v) is 5.56. The summed E-state index contributed by atoms with van der Waals surface area (Å²) >= 11 is 0. The summed E-state index contributed by atoms with van der Waals surface area (Å²) in [6.07, 6.45) is 4.46. The van der Waals surface area contributed by atoms with Crippen molar-refractivity contribution >= 4 is 6.03 Å². The van der Waals surface area contributed by atoms with E-state index in [1.807, 2.05) is 0 Å². The third-order valence-corrected chi connectivity index (χ3v) is 4.16. The topological polar surface area (TPSA) is 68.8 Å². The highest BCUT2D eigenvalue weighted by Gasteiger charge is 2.40. The third-order valence-electron chi connectivity index (χ3n) is 4.16. The molecule has 3 aliphatic rings. The van der Waals surface area contributed by atoms with Crippen LogP contribution in [0.2, 0.25) is 0 Å². The van der Waals surface area contributed by atoms with Gasteiger partial charge in [0.2, 0.25) is 0 Å². The van der Waals surface area contributed by atoms with Crippen LogP contribution in [0.3, 0.4) is 0 Å². The van der Waals surface area contributed by atoms with E-state index >= 15 is 0 Å². The van der Waals surface area contributed by atoms with Crippen molar-refractivity contribution in [3.63, 3.8) is 0 Å². The van der Waals surface area contributed by atoms with E-state index in [9.17, 15) is 4.79 Å². The predicted octanol–water partition coefficient (Wildman–Crippen LogP) is 0.760. The van der Waals surface area contributed by atoms with E-state index in [0.29, 0.717) is 19.8 Å². The van der Waals surface area contributed by atoms with Crippen LogP contribution in [0.1, 0.15) is 32.1 Å². The maximum atomic E-state index is 11.8. The number of amides is 2. The molecule has 0 aromatic heterocycles. The lowest BCUT2D eigenvalue weighted by molar-refractivity contribution is -0.179. The summed E-state index contributed by atoms with van der Waals surface area (Å²) < 4.78 is 16.6. The van der Waals surface area contributed by atoms with E-state index in [1.165, 1.54) is 0 Å². The van der Waals surface area contributed by atoms with Gasteiger partial charge in [-0.1, -0.05) is 0 Å². The number of nitrogens with one attached hydrogen (secondary N) is 2. The zero-order chi connectivity index (χ0) is 13.1. The average molecular weight is 270 g/mol. The van der Waals surface area contributed by atoms with Crippen molar-refractivity contribution < 1.29 is 19.0 Å². The highest BCUT2D eigenvalue weighted by Crippen LogP contribution is 2.35. The quantitative estimate of drug-likeness (QED) is 0.777. The Morgan fingerprint density at radius 2 is 1.63 bits per heavy atom. The first-order valence-electron chi connectivity index (χ1n) is 7.18. The molecule has 0 aromatic rings. The summed E-state index contributed by atoms with van der Waals surface area (Å²) in [5, 5.41) is 5.99. The Labute approximate surface area is 113 Å². The SMILES string of the molecule is O=C(NC1CCC2(CC1)OCCO2)NC1CCOC1. The van der Waals surface area contributed by atoms with Gasteiger partial charge in [-0.25, -0.2) is 4.79 Å². The van der Waals surface area contributed by atoms with Crippen molar-refractivity contribution in [2.24, 2.45) is 0 Å². The van der Waals surface area contributed by atoms with Crippen molar-refractivity contribution in [1.29, 1.82) is 0 Å². The molecular formula is C13H22N2O4. The number of carbonyl (C=O) groups excluding carboxylic acids is 1. The van der Waals surface area contributed by atoms with Crippen molar-refractivity contribution in [2.45, 2.75) is 50.0 Å². The van der Waals surface area contributed by atoms with E-state index < -0.39 is 0 Å². The summed E-state index contributed by atoms with van der Waals surface area (Å²) in [4.78, 5) is 11.8. The minimum absolute atomic E-state index is 0.0790. The fourth-order valence-corrected chi connectivity index (χ4v) is 3.05. The molecule has 2 amide bonds. The second-order valence-electron chi connectivity index (χ2n) is 5.56. The Kier molecular flexibility index (Phi) is 3.91. The molecule has 0 bridgehead atoms. The van der Waals surface area contributed by atoms with E-state index in [4.69, 9.17) is 14.2 Å². The van der Waals surface area contributed by atoms with E-state index in [2.05, 4.69) is 10.6 Å². The van der Waals surface area contributed by atoms with Gasteiger partial charge < -0.3 is 24.8 Å². The lowest BCUT2D eigenvalue weighted by atomic mass is 9.90. The van der Waals surface area contributed by atoms with Gasteiger partial charge in [0.05, 0.1) is 25.9 Å². The molecular weight excluding hydrogens is 248 g/mol. The van der Waals surface area contributed by atoms with Gasteiger partial charge in [0.25, 0.3) is 0 Å². The van der Waals surface area contributed by atoms with Crippen LogP contribution in [-0.4, -0.2) is 50.3 Å². The van der Waals surface area contributed by atoms with Crippen LogP contribution in [0.4, 0.5) is 4.79 Å². The molecule has 1 saturated carbocycles. The molecule has 2 heterocycles. The molecule has 0 aromatic carbocycles. The van der Waals surface area contributed by atoms with Crippen LogP contribution in [0, 0.1) is 0 Å². The zero-order valence-corrected chi connectivity index (χ0v) is 11.2. The Balaban J connectivity index is 1.40. The molecule has 1 atom stereocenters. The number of urea groups is 1. The zero-order valence-electron chi connectivity index (χ0n) is 11.2. The van der Waals surface area contributed by atoms with Gasteiger partial charge in [-0.3, -0.25) is 0 Å². The first-order valence-corrected chi connectivity index (χ1v) is 7.18. The molecule has 2 N–H and O–H groups in total. The molecule has 2 saturated heterocycles. The minimum Gasteiger partial charge on any atom is -0.379 e. The summed E-state index contributed by atoms with van der Waals surface area (Å²) in [5.41, 5.74) is 0. The summed E-state index contributed by atoms with van der Waals surface area (Å²) in [6.45, 7) is 2.76. The number of ether oxygens (including phenoxy) is 3. The summed E-state index contributed by atoms with van der Waals surface area (Å²) in [7, 11) is 0. The molecule has 1 aliphatic carbocycles. The van der Waals surface area contributed by atoms with Gasteiger partial charge in [0.15, 0.2) is 5.79 Å². The van der Waals surface area contributed by atoms with E-state index in [-0.39, 0.29) is 23.9 Å². The van der Waals surface area contributed by atoms with Gasteiger partial charge in [-0.2, -0.15) is 0 Å². The summed E-state index contributed by atoms with van der Waals surface area (Å²) in [6, 6.07) is 0.307. The molecule has 1 spiro atoms. The molecule has 1 unspecified atom stereocenters. The number of hydrogen-bond acceptors (Lipinski definition) is 4. The Hall–Kier alpha value is -0.850. The predicted molar refractivity (Wildman–Crippen MR) is 67.8 cm³/mol. The van der Waals surface area contributed by atoms with Crippen molar-refractivity contribution in [1.82, 2.24) is 10.6 Å². The molecule has 2 aliphatic heterocycles. The number of rotatable bonds is 2. The summed E-state index contributed by atoms with van der Waals surface area (Å²) in [5.74, 6) is -0.353. The van der Waals surface area contributed by atoms with Crippen molar-refractivity contribution in [3.05, 3.63) is 0 Å². The highest BCUT2D eigenvalue weighted by atomic mass is 16.7. The van der Waals surface area contributed by atoms with Gasteiger partial charge in [-0.05, 0) is 19.3 Å². The Morgan fingerprint density at radius 1 is 0.947 bits per heavy atom. The van der Waals surface area contributed by atoms with Crippen molar-refractivity contribution in [3.8, 4) is 0 Å². The molecule has 6 nitrogen and oxygen atoms in total. The Bertz CT molecular complexity index is 315. The molecule has 19 heavy (non-hydrogen) atoms. The van der Waals surface area contributed by atoms with Crippen molar-refractivity contribution in [2.75, 3.05) is 26.4 Å². The van der Waals surface area contributed by atoms with Crippen LogP contribution in [0.15, 0.2) is 0 Å². The largest absolute Gasteiger partial charge is 0.379 e. The van der Waals surface area contributed by atoms with Gasteiger partial charge >= 0.3 is 6.03 Å². The lowest BCUT2D eigenvalue weighted by Crippen LogP contribution is -2.49. The average Bonchev–Trinajstić information content (AvgIpc) is 3.05. The van der Waals surface area contributed by atoms with Crippen LogP contribution < -0.4 is 10.6 Å². The molecule has 3 rings (SSSR count). The first kappa shape index (κ1) is 13.1. The smallest absolute Gasteiger partial charge is 0.315 e. The number of carbonyl (C=O) groups is 1. The fraction of sp³-hybridized carbons (Fsp3) is 0.923. The molecule has 108 valence electrons. The first-order chi connectivity index (χ1) is 9.26. The molecule has 0 radical (unpaired) electrons. The van der Waals surface area contributed by atoms with Gasteiger partial charge in [0, 0.05) is 25.5 Å². The molecule has 6 heteroatoms. The van der Waals surface area contributed by atoms with Crippen LogP contribution >= 0.6 is 0 Å². The number of hydrogen-bond donors (Lipinski definition) is 2. The standard InChI is InChI=1S/C13H22N2O4/c16-12(15-11-3-6-17-9-11)14-10-1-4-13(5-2-10)18-7-8-19-13/h10-11H,1-9H2,(H2,14,15,16). The fourth-order valence-electron chi connectivity index (χ4n) is 3.05. The second kappa shape index (κ2) is 5.64. The van der Waals surface area contributed by atoms with Crippen LogP contribution in [0.25, 0.3) is 0 Å². The van der Waals surface area contributed by atoms with Crippen LogP contribution in [0.5, 0.6) is 0 Å². The van der Waals surface area contributed by atoms with Gasteiger partial charge in [0.1, 0.15) is 0 Å². The molecule has 3 fully saturated rings. The lowest BCUT2D eigenvalue weighted by Gasteiger charge is -2.35. The maximum Gasteiger partial charge on any atom is 0.315 e. The van der Waals surface area contributed by atoms with E-state index in [1.54, 1.807) is 0 Å². The monoisotopic (exact) mass is 270 g/mol. The normalized spacial score (nSPS) is 30.6. The highest BCUT2D eigenvalue weighted by molar-refractivity contribution is 5.74. The van der Waals surface area contributed by atoms with Crippen LogP contribution in [-0.2, 0) is 14.2 Å². The maximum absolute atomic E-state index is 11.8. The van der Waals surface area contributed by atoms with Gasteiger partial charge in [-0.15, -0.1) is 0 Å². The van der Waals surface area contributed by atoms with E-state index in [0.717, 1.165) is 38.7 Å².